The predicted molar refractivity (Wildman–Crippen MR) is 102 cm³/mol. The maximum absolute atomic E-state index is 12.2. The summed E-state index contributed by atoms with van der Waals surface area (Å²) < 4.78 is 5.89. The van der Waals surface area contributed by atoms with E-state index in [9.17, 15) is 9.59 Å². The molecule has 0 radical (unpaired) electrons. The Morgan fingerprint density at radius 3 is 2.54 bits per heavy atom. The molecule has 4 aliphatic carbocycles. The number of rotatable bonds is 2. The van der Waals surface area contributed by atoms with Crippen LogP contribution in [0.2, 0.25) is 0 Å². The fraction of sp³-hybridized carbons (Fsp3) is 0.913. The fourth-order valence-corrected chi connectivity index (χ4v) is 7.79. The van der Waals surface area contributed by atoms with Crippen molar-refractivity contribution in [3.63, 3.8) is 0 Å². The summed E-state index contributed by atoms with van der Waals surface area (Å²) in [6, 6.07) is 0. The third-order valence-corrected chi connectivity index (χ3v) is 9.65. The van der Waals surface area contributed by atoms with Gasteiger partial charge >= 0.3 is 5.97 Å². The van der Waals surface area contributed by atoms with Crippen LogP contribution in [0.25, 0.3) is 0 Å². The highest BCUT2D eigenvalue weighted by atomic mass is 16.5. The molecule has 7 atom stereocenters. The highest BCUT2D eigenvalue weighted by Gasteiger charge is 2.63. The zero-order valence-electron chi connectivity index (χ0n) is 17.1. The minimum Gasteiger partial charge on any atom is -0.462 e. The molecule has 146 valence electrons. The molecule has 0 bridgehead atoms. The largest absolute Gasteiger partial charge is 0.462 e. The Morgan fingerprint density at radius 1 is 1.04 bits per heavy atom. The van der Waals surface area contributed by atoms with Crippen LogP contribution in [0.4, 0.5) is 0 Å². The van der Waals surface area contributed by atoms with Crippen molar-refractivity contribution in [3.8, 4) is 0 Å². The number of ether oxygens (including phenoxy) is 1. The quantitative estimate of drug-likeness (QED) is 0.627. The molecule has 0 aromatic carbocycles. The number of carbonyl (C=O) groups is 2. The second-order valence-electron chi connectivity index (χ2n) is 10.6. The van der Waals surface area contributed by atoms with Crippen LogP contribution < -0.4 is 0 Å². The normalized spacial score (nSPS) is 50.5. The van der Waals surface area contributed by atoms with Crippen LogP contribution in [-0.2, 0) is 14.3 Å². The summed E-state index contributed by atoms with van der Waals surface area (Å²) in [5.74, 6) is 2.64. The zero-order chi connectivity index (χ0) is 18.7. The van der Waals surface area contributed by atoms with Crippen LogP contribution >= 0.6 is 0 Å². The lowest BCUT2D eigenvalue weighted by Gasteiger charge is -2.64. The van der Waals surface area contributed by atoms with Crippen molar-refractivity contribution in [1.29, 1.82) is 0 Å². The molecule has 4 aliphatic rings. The van der Waals surface area contributed by atoms with Crippen molar-refractivity contribution >= 4 is 11.8 Å². The van der Waals surface area contributed by atoms with Crippen molar-refractivity contribution in [2.45, 2.75) is 98.0 Å². The van der Waals surface area contributed by atoms with E-state index in [4.69, 9.17) is 4.74 Å². The molecule has 0 amide bonds. The van der Waals surface area contributed by atoms with Gasteiger partial charge in [-0.1, -0.05) is 27.7 Å². The Balaban J connectivity index is 1.59. The molecule has 3 heteroatoms. The van der Waals surface area contributed by atoms with Crippen molar-refractivity contribution in [2.24, 2.45) is 34.0 Å². The Bertz CT molecular complexity index is 613. The van der Waals surface area contributed by atoms with Gasteiger partial charge in [0.05, 0.1) is 0 Å². The lowest BCUT2D eigenvalue weighted by Crippen LogP contribution is -2.58. The number of Topliss-reactive ketones (excluding diaryl/α,β-unsaturated/α-hetero) is 1. The van der Waals surface area contributed by atoms with E-state index in [0.29, 0.717) is 23.5 Å². The van der Waals surface area contributed by atoms with Crippen LogP contribution in [0.5, 0.6) is 0 Å². The molecular weight excluding hydrogens is 324 g/mol. The molecule has 3 nitrogen and oxygen atoms in total. The Kier molecular flexibility index (Phi) is 4.32. The molecule has 26 heavy (non-hydrogen) atoms. The summed E-state index contributed by atoms with van der Waals surface area (Å²) in [6.45, 7) is 9.19. The van der Waals surface area contributed by atoms with Crippen LogP contribution in [0.3, 0.4) is 0 Å². The van der Waals surface area contributed by atoms with E-state index in [1.165, 1.54) is 32.1 Å². The van der Waals surface area contributed by atoms with Gasteiger partial charge in [0.1, 0.15) is 11.9 Å². The number of hydrogen-bond donors (Lipinski definition) is 0. The number of ketones is 1. The van der Waals surface area contributed by atoms with Gasteiger partial charge in [-0.2, -0.15) is 0 Å². The van der Waals surface area contributed by atoms with Gasteiger partial charge in [-0.05, 0) is 73.5 Å². The topological polar surface area (TPSA) is 43.4 Å². The van der Waals surface area contributed by atoms with E-state index in [1.54, 1.807) is 0 Å². The maximum atomic E-state index is 12.2. The molecule has 4 rings (SSSR count). The minimum absolute atomic E-state index is 0.0343. The SMILES string of the molecule is CCC(=O)OC1CCC2C3CCC4(C)CC(=O)CCC4(C)C3CCC12C. The van der Waals surface area contributed by atoms with E-state index in [0.717, 1.165) is 37.5 Å². The third kappa shape index (κ3) is 2.44. The minimum atomic E-state index is -0.0343. The third-order valence-electron chi connectivity index (χ3n) is 9.65. The highest BCUT2D eigenvalue weighted by molar-refractivity contribution is 5.80. The first-order valence-corrected chi connectivity index (χ1v) is 10.9. The van der Waals surface area contributed by atoms with Gasteiger partial charge in [0.2, 0.25) is 0 Å². The molecule has 0 saturated heterocycles. The van der Waals surface area contributed by atoms with E-state index < -0.39 is 0 Å². The van der Waals surface area contributed by atoms with Crippen molar-refractivity contribution < 1.29 is 14.3 Å². The van der Waals surface area contributed by atoms with Crippen molar-refractivity contribution in [1.82, 2.24) is 0 Å². The van der Waals surface area contributed by atoms with Gasteiger partial charge in [-0.3, -0.25) is 9.59 Å². The van der Waals surface area contributed by atoms with Gasteiger partial charge in [0, 0.05) is 24.7 Å². The smallest absolute Gasteiger partial charge is 0.305 e. The molecule has 0 aliphatic heterocycles. The van der Waals surface area contributed by atoms with Gasteiger partial charge in [0.15, 0.2) is 0 Å². The molecule has 0 N–H and O–H groups in total. The second kappa shape index (κ2) is 6.07. The molecule has 4 saturated carbocycles. The first kappa shape index (κ1) is 18.5. The van der Waals surface area contributed by atoms with Crippen LogP contribution in [0, 0.1) is 34.0 Å². The Hall–Kier alpha value is -0.860. The predicted octanol–water partition coefficient (Wildman–Crippen LogP) is 5.31. The van der Waals surface area contributed by atoms with E-state index in [2.05, 4.69) is 20.8 Å². The van der Waals surface area contributed by atoms with Crippen LogP contribution in [0.15, 0.2) is 0 Å². The van der Waals surface area contributed by atoms with Crippen LogP contribution in [-0.4, -0.2) is 17.9 Å². The van der Waals surface area contributed by atoms with E-state index >= 15 is 0 Å². The second-order valence-corrected chi connectivity index (χ2v) is 10.6. The number of esters is 1. The summed E-state index contributed by atoms with van der Waals surface area (Å²) in [4.78, 5) is 24.1. The first-order valence-electron chi connectivity index (χ1n) is 10.9. The summed E-state index contributed by atoms with van der Waals surface area (Å²) >= 11 is 0. The number of fused-ring (bicyclic) bond motifs is 5. The standard InChI is InChI=1S/C23H36O3/c1-5-20(25)26-19-7-6-17-16-9-11-21(2)14-15(24)8-13-23(21,4)18(16)10-12-22(17,19)3/h16-19H,5-14H2,1-4H3. The summed E-state index contributed by atoms with van der Waals surface area (Å²) in [6.07, 6.45) is 10.4. The van der Waals surface area contributed by atoms with Crippen LogP contribution in [0.1, 0.15) is 91.9 Å². The Labute approximate surface area is 158 Å². The molecule has 0 aromatic rings. The van der Waals surface area contributed by atoms with E-state index in [-0.39, 0.29) is 22.9 Å². The summed E-state index contributed by atoms with van der Waals surface area (Å²) in [5.41, 5.74) is 0.674. The van der Waals surface area contributed by atoms with E-state index in [1.807, 2.05) is 6.92 Å². The van der Waals surface area contributed by atoms with Crippen molar-refractivity contribution in [2.75, 3.05) is 0 Å². The average molecular weight is 361 g/mol. The molecule has 0 aromatic heterocycles. The van der Waals surface area contributed by atoms with Gasteiger partial charge in [-0.25, -0.2) is 0 Å². The first-order chi connectivity index (χ1) is 12.2. The molecule has 0 spiro atoms. The molecule has 4 fully saturated rings. The number of carbonyl (C=O) groups excluding carboxylic acids is 2. The lowest BCUT2D eigenvalue weighted by molar-refractivity contribution is -0.174. The maximum Gasteiger partial charge on any atom is 0.305 e. The van der Waals surface area contributed by atoms with Gasteiger partial charge in [0.25, 0.3) is 0 Å². The summed E-state index contributed by atoms with van der Waals surface area (Å²) in [5, 5.41) is 0. The lowest BCUT2D eigenvalue weighted by atomic mass is 9.40. The monoisotopic (exact) mass is 360 g/mol. The average Bonchev–Trinajstić information content (AvgIpc) is 2.92. The van der Waals surface area contributed by atoms with Gasteiger partial charge in [-0.15, -0.1) is 0 Å². The molecule has 7 unspecified atom stereocenters. The molecule has 0 heterocycles. The van der Waals surface area contributed by atoms with Crippen molar-refractivity contribution in [3.05, 3.63) is 0 Å². The molecular formula is C23H36O3. The summed E-state index contributed by atoms with van der Waals surface area (Å²) in [7, 11) is 0. The van der Waals surface area contributed by atoms with Gasteiger partial charge < -0.3 is 4.74 Å². The zero-order valence-corrected chi connectivity index (χ0v) is 17.1. The fourth-order valence-electron chi connectivity index (χ4n) is 7.79. The number of hydrogen-bond acceptors (Lipinski definition) is 3. The Morgan fingerprint density at radius 2 is 1.81 bits per heavy atom. The highest BCUT2D eigenvalue weighted by Crippen LogP contribution is 2.69.